The van der Waals surface area contributed by atoms with E-state index in [4.69, 9.17) is 9.84 Å². The molecule has 0 radical (unpaired) electrons. The van der Waals surface area contributed by atoms with Crippen LogP contribution in [0.3, 0.4) is 0 Å². The Kier molecular flexibility index (Phi) is 9.60. The van der Waals surface area contributed by atoms with Gasteiger partial charge in [-0.2, -0.15) is 0 Å². The van der Waals surface area contributed by atoms with Crippen molar-refractivity contribution in [1.29, 1.82) is 0 Å². The van der Waals surface area contributed by atoms with E-state index in [2.05, 4.69) is 13.0 Å². The summed E-state index contributed by atoms with van der Waals surface area (Å²) in [6, 6.07) is 0. The molecule has 0 saturated carbocycles. The van der Waals surface area contributed by atoms with E-state index < -0.39 is 11.6 Å². The highest BCUT2D eigenvalue weighted by atomic mass is 16.6. The number of hydrogen-bond acceptors (Lipinski definition) is 3. The Bertz CT molecular complexity index is 389. The van der Waals surface area contributed by atoms with E-state index in [1.807, 2.05) is 13.0 Å². The highest BCUT2D eigenvalue weighted by Gasteiger charge is 2.49. The summed E-state index contributed by atoms with van der Waals surface area (Å²) in [5.41, 5.74) is -0.853. The average molecular weight is 341 g/mol. The number of rotatable bonds is 14. The number of aliphatic carboxylic acids is 1. The summed E-state index contributed by atoms with van der Waals surface area (Å²) in [5.74, 6) is -0.931. The number of carbonyl (C=O) groups is 1. The highest BCUT2D eigenvalue weighted by Crippen LogP contribution is 2.36. The first-order valence-electron chi connectivity index (χ1n) is 9.66. The fourth-order valence-corrected chi connectivity index (χ4v) is 3.08. The van der Waals surface area contributed by atoms with E-state index >= 15 is 0 Å². The van der Waals surface area contributed by atoms with Gasteiger partial charge in [0.1, 0.15) is 11.7 Å². The van der Waals surface area contributed by atoms with Crippen LogP contribution >= 0.6 is 0 Å². The van der Waals surface area contributed by atoms with Crippen LogP contribution in [-0.4, -0.2) is 34.0 Å². The van der Waals surface area contributed by atoms with Crippen LogP contribution in [0.1, 0.15) is 85.0 Å². The fraction of sp³-hybridized carbons (Fsp3) is 0.850. The third-order valence-corrected chi connectivity index (χ3v) is 4.89. The van der Waals surface area contributed by atoms with Gasteiger partial charge in [-0.25, -0.2) is 0 Å². The van der Waals surface area contributed by atoms with Gasteiger partial charge in [-0.3, -0.25) is 4.79 Å². The standard InChI is InChI=1S/C20H36O4/c1-4-5-10-14-17-18(24-17)20(3,23)15-12-9-7-6-8-11-13-16(2)19(21)22/h12,15-18,23H,4-11,13-14H2,1-3H3,(H,21,22)/b15-12-. The van der Waals surface area contributed by atoms with Crippen molar-refractivity contribution >= 4 is 5.97 Å². The molecule has 1 aliphatic heterocycles. The number of carboxylic acids is 1. The monoisotopic (exact) mass is 340 g/mol. The molecule has 1 heterocycles. The Morgan fingerprint density at radius 1 is 1.21 bits per heavy atom. The van der Waals surface area contributed by atoms with Gasteiger partial charge in [-0.1, -0.05) is 64.5 Å². The van der Waals surface area contributed by atoms with Gasteiger partial charge in [-0.15, -0.1) is 0 Å². The lowest BCUT2D eigenvalue weighted by molar-refractivity contribution is -0.141. The number of hydrogen-bond donors (Lipinski definition) is 2. The van der Waals surface area contributed by atoms with Crippen LogP contribution in [0.2, 0.25) is 0 Å². The maximum atomic E-state index is 10.7. The molecule has 0 aliphatic carbocycles. The van der Waals surface area contributed by atoms with Crippen LogP contribution in [0, 0.1) is 5.92 Å². The molecule has 24 heavy (non-hydrogen) atoms. The third kappa shape index (κ3) is 8.29. The molecule has 4 unspecified atom stereocenters. The summed E-state index contributed by atoms with van der Waals surface area (Å²) in [6.45, 7) is 5.79. The van der Waals surface area contributed by atoms with E-state index in [1.165, 1.54) is 19.3 Å². The van der Waals surface area contributed by atoms with Crippen molar-refractivity contribution in [2.24, 2.45) is 5.92 Å². The first kappa shape index (κ1) is 21.2. The second-order valence-electron chi connectivity index (χ2n) is 7.45. The zero-order chi connectivity index (χ0) is 18.0. The van der Waals surface area contributed by atoms with Crippen LogP contribution in [0.4, 0.5) is 0 Å². The number of ether oxygens (including phenoxy) is 1. The van der Waals surface area contributed by atoms with Crippen molar-refractivity contribution in [2.75, 3.05) is 0 Å². The van der Waals surface area contributed by atoms with Gasteiger partial charge in [0.25, 0.3) is 0 Å². The molecule has 1 saturated heterocycles. The Labute approximate surface area is 147 Å². The van der Waals surface area contributed by atoms with E-state index in [1.54, 1.807) is 6.92 Å². The summed E-state index contributed by atoms with van der Waals surface area (Å²) in [4.78, 5) is 10.7. The maximum absolute atomic E-state index is 10.7. The molecule has 2 N–H and O–H groups in total. The molecule has 140 valence electrons. The van der Waals surface area contributed by atoms with Crippen molar-refractivity contribution in [2.45, 2.75) is 103 Å². The van der Waals surface area contributed by atoms with Gasteiger partial charge in [0, 0.05) is 0 Å². The Hall–Kier alpha value is -0.870. The Balaban J connectivity index is 2.06. The highest BCUT2D eigenvalue weighted by molar-refractivity contribution is 5.69. The number of carboxylic acid groups (broad SMARTS) is 1. The van der Waals surface area contributed by atoms with Crippen LogP contribution < -0.4 is 0 Å². The average Bonchev–Trinajstić information content (AvgIpc) is 3.30. The molecular weight excluding hydrogens is 304 g/mol. The van der Waals surface area contributed by atoms with Crippen LogP contribution in [-0.2, 0) is 9.53 Å². The Morgan fingerprint density at radius 2 is 1.92 bits per heavy atom. The zero-order valence-corrected chi connectivity index (χ0v) is 15.7. The quantitative estimate of drug-likeness (QED) is 0.273. The zero-order valence-electron chi connectivity index (χ0n) is 15.7. The molecule has 0 aromatic heterocycles. The lowest BCUT2D eigenvalue weighted by Gasteiger charge is -2.16. The van der Waals surface area contributed by atoms with Gasteiger partial charge in [-0.05, 0) is 32.6 Å². The largest absolute Gasteiger partial charge is 0.481 e. The van der Waals surface area contributed by atoms with Crippen molar-refractivity contribution in [3.63, 3.8) is 0 Å². The molecule has 4 heteroatoms. The minimum atomic E-state index is -0.853. The predicted octanol–water partition coefficient (Wildman–Crippen LogP) is 4.70. The first-order valence-corrected chi connectivity index (χ1v) is 9.66. The van der Waals surface area contributed by atoms with Gasteiger partial charge in [0.2, 0.25) is 0 Å². The van der Waals surface area contributed by atoms with E-state index in [0.29, 0.717) is 0 Å². The molecule has 4 atom stereocenters. The molecule has 0 aromatic rings. The minimum Gasteiger partial charge on any atom is -0.481 e. The van der Waals surface area contributed by atoms with Gasteiger partial charge in [0.15, 0.2) is 0 Å². The fourth-order valence-electron chi connectivity index (χ4n) is 3.08. The second kappa shape index (κ2) is 10.9. The molecule has 0 amide bonds. The van der Waals surface area contributed by atoms with Crippen molar-refractivity contribution in [3.05, 3.63) is 12.2 Å². The number of unbranched alkanes of at least 4 members (excludes halogenated alkanes) is 6. The lowest BCUT2D eigenvalue weighted by Crippen LogP contribution is -2.30. The summed E-state index contributed by atoms with van der Waals surface area (Å²) in [6.07, 6.45) is 14.8. The van der Waals surface area contributed by atoms with Crippen molar-refractivity contribution in [3.8, 4) is 0 Å². The summed E-state index contributed by atoms with van der Waals surface area (Å²) >= 11 is 0. The summed E-state index contributed by atoms with van der Waals surface area (Å²) < 4.78 is 5.63. The third-order valence-electron chi connectivity index (χ3n) is 4.89. The second-order valence-corrected chi connectivity index (χ2v) is 7.45. The van der Waals surface area contributed by atoms with Crippen LogP contribution in [0.5, 0.6) is 0 Å². The lowest BCUT2D eigenvalue weighted by atomic mass is 9.96. The Morgan fingerprint density at radius 3 is 2.58 bits per heavy atom. The topological polar surface area (TPSA) is 70.1 Å². The predicted molar refractivity (Wildman–Crippen MR) is 97.1 cm³/mol. The molecule has 1 rings (SSSR count). The maximum Gasteiger partial charge on any atom is 0.306 e. The summed E-state index contributed by atoms with van der Waals surface area (Å²) in [5, 5.41) is 19.3. The molecule has 0 spiro atoms. The molecule has 0 aromatic carbocycles. The molecule has 1 fully saturated rings. The van der Waals surface area contributed by atoms with Crippen molar-refractivity contribution in [1.82, 2.24) is 0 Å². The van der Waals surface area contributed by atoms with Crippen LogP contribution in [0.25, 0.3) is 0 Å². The van der Waals surface area contributed by atoms with E-state index in [0.717, 1.165) is 44.9 Å². The smallest absolute Gasteiger partial charge is 0.306 e. The first-order chi connectivity index (χ1) is 11.4. The number of allylic oxidation sites excluding steroid dienone is 1. The number of aliphatic hydroxyl groups is 1. The molecule has 1 aliphatic rings. The SMILES string of the molecule is CCCCCC1OC1C(C)(O)/C=C\CCCCCCC(C)C(=O)O. The van der Waals surface area contributed by atoms with Crippen molar-refractivity contribution < 1.29 is 19.7 Å². The van der Waals surface area contributed by atoms with E-state index in [-0.39, 0.29) is 18.1 Å². The van der Waals surface area contributed by atoms with E-state index in [9.17, 15) is 9.90 Å². The normalized spacial score (nSPS) is 24.0. The number of epoxide rings is 1. The van der Waals surface area contributed by atoms with Gasteiger partial charge in [0.05, 0.1) is 12.0 Å². The summed E-state index contributed by atoms with van der Waals surface area (Å²) in [7, 11) is 0. The van der Waals surface area contributed by atoms with Crippen LogP contribution in [0.15, 0.2) is 12.2 Å². The molecule has 0 bridgehead atoms. The minimum absolute atomic E-state index is 0.0388. The molecular formula is C20H36O4. The molecule has 4 nitrogen and oxygen atoms in total. The van der Waals surface area contributed by atoms with Gasteiger partial charge >= 0.3 is 5.97 Å². The van der Waals surface area contributed by atoms with Gasteiger partial charge < -0.3 is 14.9 Å².